The number of carbonyl (C=O) groups is 11. The molecular formula is C66H120N12O13S. The Morgan fingerprint density at radius 1 is 0.500 bits per heavy atom. The van der Waals surface area contributed by atoms with Crippen molar-refractivity contribution in [1.29, 1.82) is 0 Å². The molecule has 26 heteroatoms. The predicted molar refractivity (Wildman–Crippen MR) is 360 cm³/mol. The minimum atomic E-state index is -1.65. The fourth-order valence-electron chi connectivity index (χ4n) is 11.6. The van der Waals surface area contributed by atoms with E-state index in [1.807, 2.05) is 41.5 Å². The number of aliphatic hydroxyl groups excluding tert-OH is 1. The Labute approximate surface area is 554 Å². The van der Waals surface area contributed by atoms with Crippen LogP contribution < -0.4 is 21.7 Å². The van der Waals surface area contributed by atoms with Crippen molar-refractivity contribution in [3.63, 3.8) is 0 Å². The van der Waals surface area contributed by atoms with Crippen molar-refractivity contribution in [3.8, 4) is 0 Å². The molecule has 1 aliphatic heterocycles. The second-order valence-electron chi connectivity index (χ2n) is 28.0. The maximum absolute atomic E-state index is 15.4. The Morgan fingerprint density at radius 3 is 1.35 bits per heavy atom. The maximum Gasteiger partial charge on any atom is 0.248 e. The molecule has 528 valence electrons. The molecule has 0 aliphatic carbocycles. The van der Waals surface area contributed by atoms with E-state index in [9.17, 15) is 34.2 Å². The lowest BCUT2D eigenvalue weighted by Crippen LogP contribution is -2.64. The van der Waals surface area contributed by atoms with Crippen molar-refractivity contribution in [2.24, 2.45) is 41.2 Å². The van der Waals surface area contributed by atoms with Crippen molar-refractivity contribution in [1.82, 2.24) is 55.1 Å². The number of aliphatic hydroxyl groups is 2. The van der Waals surface area contributed by atoms with Gasteiger partial charge >= 0.3 is 0 Å². The molecule has 0 bridgehead atoms. The molecule has 0 radical (unpaired) electrons. The molecule has 0 spiro atoms. The lowest BCUT2D eigenvalue weighted by atomic mass is 9.91. The molecule has 1 rings (SSSR count). The number of nitrogens with two attached hydrogens (primary N) is 1. The number of nitrogens with zero attached hydrogens (tertiary/aromatic N) is 8. The molecule has 92 heavy (non-hydrogen) atoms. The van der Waals surface area contributed by atoms with Crippen molar-refractivity contribution in [2.45, 2.75) is 234 Å². The van der Waals surface area contributed by atoms with Gasteiger partial charge in [0, 0.05) is 80.9 Å². The van der Waals surface area contributed by atoms with Gasteiger partial charge in [0.05, 0.1) is 11.7 Å². The summed E-state index contributed by atoms with van der Waals surface area (Å²) in [5.74, 6) is -9.94. The van der Waals surface area contributed by atoms with Crippen molar-refractivity contribution in [2.75, 3.05) is 74.4 Å². The lowest BCUT2D eigenvalue weighted by Gasteiger charge is -2.43. The Morgan fingerprint density at radius 2 is 0.891 bits per heavy atom. The van der Waals surface area contributed by atoms with Crippen LogP contribution in [0.1, 0.15) is 156 Å². The zero-order valence-electron chi connectivity index (χ0n) is 60.4. The van der Waals surface area contributed by atoms with E-state index in [0.29, 0.717) is 5.75 Å². The number of thioether (sulfide) groups is 1. The molecule has 11 amide bonds. The molecule has 0 aromatic rings. The van der Waals surface area contributed by atoms with Gasteiger partial charge in [0.15, 0.2) is 0 Å². The first-order valence-electron chi connectivity index (χ1n) is 32.7. The Hall–Kier alpha value is -5.86. The van der Waals surface area contributed by atoms with E-state index in [1.54, 1.807) is 60.6 Å². The second-order valence-corrected chi connectivity index (χ2v) is 29.1. The number of hydrogen-bond acceptors (Lipinski definition) is 15. The minimum Gasteiger partial charge on any atom is -0.390 e. The summed E-state index contributed by atoms with van der Waals surface area (Å²) < 4.78 is 0. The number of likely N-dealkylation sites (N-methyl/N-ethyl adjacent to an activating group) is 8. The van der Waals surface area contributed by atoms with E-state index in [2.05, 4.69) is 16.0 Å². The van der Waals surface area contributed by atoms with E-state index in [0.717, 1.165) is 14.7 Å². The van der Waals surface area contributed by atoms with Gasteiger partial charge in [0.1, 0.15) is 66.5 Å². The zero-order valence-corrected chi connectivity index (χ0v) is 61.2. The normalized spacial score (nSPS) is 26.8. The SMILES string of the molecule is C/C=C/C[C@@H](C)[C@@H](O)[C@H]1C(=O)N(C)[C@@H](CC)C(=O)N(C)[C@H](CSCCN)C(=O)N(C)[C@@H](CC(C)(C)O)C(=O)N[C@@H](C(C)C)C(=O)N(C)[C@@H](CC(C)C)C(=O)N[C@@H](C)C(=O)N[C@H](C)C(=O)N(C)[C@@H](CC(C)C)C(=O)N(C)[C@@H](CC(C)C)C(=O)N(C)[C@@H](C(C)C)C(=O)N1C. The Balaban J connectivity index is 4.59. The number of rotatable bonds is 19. The summed E-state index contributed by atoms with van der Waals surface area (Å²) in [6, 6.07) is -14.4. The van der Waals surface area contributed by atoms with Crippen LogP contribution in [-0.2, 0) is 52.7 Å². The number of allylic oxidation sites excluding steroid dienone is 2. The molecule has 13 atom stereocenters. The predicted octanol–water partition coefficient (Wildman–Crippen LogP) is 2.79. The summed E-state index contributed by atoms with van der Waals surface area (Å²) in [4.78, 5) is 174. The third-order valence-corrected chi connectivity index (χ3v) is 18.4. The average Bonchev–Trinajstić information content (AvgIpc) is 0.815. The van der Waals surface area contributed by atoms with Gasteiger partial charge in [0.25, 0.3) is 0 Å². The highest BCUT2D eigenvalue weighted by Gasteiger charge is 2.48. The Bertz CT molecular complexity index is 2530. The summed E-state index contributed by atoms with van der Waals surface area (Å²) >= 11 is 1.26. The van der Waals surface area contributed by atoms with Gasteiger partial charge < -0.3 is 71.1 Å². The van der Waals surface area contributed by atoms with Crippen LogP contribution in [0.25, 0.3) is 0 Å². The van der Waals surface area contributed by atoms with Crippen LogP contribution in [-0.4, -0.2) is 267 Å². The molecule has 1 saturated heterocycles. The van der Waals surface area contributed by atoms with E-state index in [4.69, 9.17) is 5.73 Å². The first-order chi connectivity index (χ1) is 42.4. The van der Waals surface area contributed by atoms with E-state index < -0.39 is 161 Å². The quantitative estimate of drug-likeness (QED) is 0.0800. The van der Waals surface area contributed by atoms with Gasteiger partial charge in [-0.2, -0.15) is 11.8 Å². The maximum atomic E-state index is 15.4. The highest BCUT2D eigenvalue weighted by Crippen LogP contribution is 2.28. The monoisotopic (exact) mass is 1320 g/mol. The fourth-order valence-corrected chi connectivity index (χ4v) is 12.5. The largest absolute Gasteiger partial charge is 0.390 e. The van der Waals surface area contributed by atoms with E-state index in [-0.39, 0.29) is 68.6 Å². The molecule has 1 heterocycles. The van der Waals surface area contributed by atoms with Crippen LogP contribution in [0.3, 0.4) is 0 Å². The summed E-state index contributed by atoms with van der Waals surface area (Å²) in [7, 11) is 11.2. The third kappa shape index (κ3) is 23.3. The highest BCUT2D eigenvalue weighted by molar-refractivity contribution is 7.99. The van der Waals surface area contributed by atoms with Crippen LogP contribution in [0, 0.1) is 35.5 Å². The van der Waals surface area contributed by atoms with E-state index >= 15 is 28.8 Å². The van der Waals surface area contributed by atoms with Crippen molar-refractivity contribution < 1.29 is 63.0 Å². The minimum absolute atomic E-state index is 0.0143. The molecular weight excluding hydrogens is 1200 g/mol. The molecule has 0 unspecified atom stereocenters. The van der Waals surface area contributed by atoms with Crippen LogP contribution in [0.15, 0.2) is 12.2 Å². The molecule has 0 aromatic carbocycles. The summed E-state index contributed by atoms with van der Waals surface area (Å²) in [5, 5.41) is 31.9. The van der Waals surface area contributed by atoms with Crippen LogP contribution in [0.5, 0.6) is 0 Å². The Kier molecular flexibility index (Phi) is 34.7. The fraction of sp³-hybridized carbons (Fsp3) is 0.803. The first kappa shape index (κ1) is 84.2. The molecule has 0 saturated carbocycles. The van der Waals surface area contributed by atoms with Crippen molar-refractivity contribution >= 4 is 76.7 Å². The molecule has 7 N–H and O–H groups in total. The van der Waals surface area contributed by atoms with Gasteiger partial charge in [-0.3, -0.25) is 52.7 Å². The van der Waals surface area contributed by atoms with Crippen LogP contribution in [0.2, 0.25) is 0 Å². The third-order valence-electron chi connectivity index (χ3n) is 17.4. The number of nitrogens with one attached hydrogen (secondary N) is 3. The summed E-state index contributed by atoms with van der Waals surface area (Å²) in [5.41, 5.74) is 4.33. The topological polar surface area (TPSA) is 316 Å². The van der Waals surface area contributed by atoms with Gasteiger partial charge in [-0.15, -0.1) is 0 Å². The molecule has 25 nitrogen and oxygen atoms in total. The summed E-state index contributed by atoms with van der Waals surface area (Å²) in [6.07, 6.45) is 2.35. The van der Waals surface area contributed by atoms with Gasteiger partial charge in [-0.1, -0.05) is 95.2 Å². The number of amides is 11. The summed E-state index contributed by atoms with van der Waals surface area (Å²) in [6.45, 7) is 29.1. The van der Waals surface area contributed by atoms with Gasteiger partial charge in [-0.05, 0) is 102 Å². The smallest absolute Gasteiger partial charge is 0.248 e. The molecule has 1 fully saturated rings. The van der Waals surface area contributed by atoms with Gasteiger partial charge in [0.2, 0.25) is 65.0 Å². The van der Waals surface area contributed by atoms with Crippen LogP contribution >= 0.6 is 11.8 Å². The standard InChI is InChI=1S/C66H120N12O13S/c1-26-28-29-42(13)54(79)53-65(90)71(18)45(27-2)59(84)76(23)50(36-92-31-30-67)62(87)75(22)49(35-66(16,17)91)57(82)70-51(40(9)10)63(88)72(19)46(32-37(3)4)56(81)68-43(14)55(80)69-44(15)58(83)73(20)47(33-38(5)6)60(85)74(21)48(34-39(7)8)61(86)77(24)52(41(11)12)64(89)78(53)25/h26,28,37-54,79,91H,27,29-36,67H2,1-25H3,(H,68,81)(H,69,80)(H,70,82)/b28-26+/t42-,43+,44-,45+,46+,47+,48+,49+,50-,51+,52+,53+,54-/m1/s1. The van der Waals surface area contributed by atoms with Crippen LogP contribution in [0.4, 0.5) is 0 Å². The number of carbonyl (C=O) groups excluding carboxylic acids is 11. The molecule has 0 aromatic heterocycles. The van der Waals surface area contributed by atoms with Gasteiger partial charge in [-0.25, -0.2) is 0 Å². The highest BCUT2D eigenvalue weighted by atomic mass is 32.2. The van der Waals surface area contributed by atoms with E-state index in [1.165, 1.54) is 120 Å². The van der Waals surface area contributed by atoms with Crippen molar-refractivity contribution in [3.05, 3.63) is 12.2 Å². The first-order valence-corrected chi connectivity index (χ1v) is 33.9. The second kappa shape index (κ2) is 37.9. The lowest BCUT2D eigenvalue weighted by molar-refractivity contribution is -0.161. The zero-order chi connectivity index (χ0) is 71.5. The molecule has 1 aliphatic rings. The number of hydrogen-bond donors (Lipinski definition) is 6. The average molecular weight is 1320 g/mol.